The number of carboxylic acids is 1. The molecule has 0 bridgehead atoms. The minimum Gasteiger partial charge on any atom is -0.478 e. The van der Waals surface area contributed by atoms with Crippen molar-refractivity contribution < 1.29 is 14.7 Å². The van der Waals surface area contributed by atoms with Gasteiger partial charge < -0.3 is 10.0 Å². The van der Waals surface area contributed by atoms with Gasteiger partial charge in [0.2, 0.25) is 0 Å². The van der Waals surface area contributed by atoms with E-state index in [9.17, 15) is 9.59 Å². The Bertz CT molecular complexity index is 683. The number of anilines is 1. The van der Waals surface area contributed by atoms with Crippen molar-refractivity contribution in [3.05, 3.63) is 59.4 Å². The summed E-state index contributed by atoms with van der Waals surface area (Å²) in [4.78, 5) is 29.0. The smallest absolute Gasteiger partial charge is 0.335 e. The van der Waals surface area contributed by atoms with Crippen LogP contribution in [0.2, 0.25) is 0 Å². The first-order chi connectivity index (χ1) is 9.66. The van der Waals surface area contributed by atoms with Crippen LogP contribution in [0.5, 0.6) is 0 Å². The fourth-order valence-electron chi connectivity index (χ4n) is 2.37. The van der Waals surface area contributed by atoms with Crippen LogP contribution in [0.4, 0.5) is 5.69 Å². The number of pyridine rings is 1. The number of hydrogen-bond donors (Lipinski definition) is 1. The largest absolute Gasteiger partial charge is 0.478 e. The van der Waals surface area contributed by atoms with Gasteiger partial charge in [-0.05, 0) is 42.3 Å². The minimum atomic E-state index is -0.956. The number of amides is 1. The summed E-state index contributed by atoms with van der Waals surface area (Å²) in [6.07, 6.45) is 2.24. The molecule has 0 unspecified atom stereocenters. The topological polar surface area (TPSA) is 70.5 Å². The van der Waals surface area contributed by atoms with E-state index in [0.29, 0.717) is 18.7 Å². The molecule has 0 fully saturated rings. The molecule has 0 saturated heterocycles. The van der Waals surface area contributed by atoms with Crippen molar-refractivity contribution in [1.29, 1.82) is 0 Å². The highest BCUT2D eigenvalue weighted by Gasteiger charge is 2.26. The van der Waals surface area contributed by atoms with Crippen molar-refractivity contribution >= 4 is 17.6 Å². The number of nitrogens with zero attached hydrogens (tertiary/aromatic N) is 2. The van der Waals surface area contributed by atoms with E-state index in [-0.39, 0.29) is 11.5 Å². The van der Waals surface area contributed by atoms with Gasteiger partial charge in [0.15, 0.2) is 0 Å². The summed E-state index contributed by atoms with van der Waals surface area (Å²) in [7, 11) is 0. The maximum atomic E-state index is 12.4. The van der Waals surface area contributed by atoms with Crippen molar-refractivity contribution in [1.82, 2.24) is 4.98 Å². The van der Waals surface area contributed by atoms with Crippen molar-refractivity contribution in [2.24, 2.45) is 0 Å². The summed E-state index contributed by atoms with van der Waals surface area (Å²) in [5.74, 6) is -1.12. The number of carboxylic acid groups (broad SMARTS) is 1. The van der Waals surface area contributed by atoms with E-state index in [0.717, 1.165) is 11.3 Å². The van der Waals surface area contributed by atoms with E-state index >= 15 is 0 Å². The average Bonchev–Trinajstić information content (AvgIpc) is 2.90. The lowest BCUT2D eigenvalue weighted by atomic mass is 10.1. The van der Waals surface area contributed by atoms with Crippen LogP contribution < -0.4 is 4.90 Å². The Kier molecular flexibility index (Phi) is 2.95. The Morgan fingerprint density at radius 3 is 2.75 bits per heavy atom. The van der Waals surface area contributed by atoms with Gasteiger partial charge in [0, 0.05) is 18.4 Å². The molecule has 1 amide bonds. The lowest BCUT2D eigenvalue weighted by molar-refractivity contribution is 0.0696. The normalized spacial score (nSPS) is 13.1. The zero-order valence-corrected chi connectivity index (χ0v) is 10.6. The standard InChI is InChI=1S/C15H12N2O3/c18-14(12-3-1-2-7-16-12)17-8-6-10-9-11(15(19)20)4-5-13(10)17/h1-5,7,9H,6,8H2,(H,19,20). The van der Waals surface area contributed by atoms with E-state index in [1.807, 2.05) is 0 Å². The number of carbonyl (C=O) groups is 2. The van der Waals surface area contributed by atoms with Crippen molar-refractivity contribution in [3.63, 3.8) is 0 Å². The van der Waals surface area contributed by atoms with Crippen LogP contribution >= 0.6 is 0 Å². The zero-order valence-electron chi connectivity index (χ0n) is 10.6. The summed E-state index contributed by atoms with van der Waals surface area (Å²) in [6, 6.07) is 10.0. The molecule has 1 aromatic carbocycles. The predicted molar refractivity (Wildman–Crippen MR) is 73.0 cm³/mol. The number of aromatic nitrogens is 1. The SMILES string of the molecule is O=C(O)c1ccc2c(c1)CCN2C(=O)c1ccccn1. The van der Waals surface area contributed by atoms with Crippen molar-refractivity contribution in [2.75, 3.05) is 11.4 Å². The first-order valence-corrected chi connectivity index (χ1v) is 6.26. The highest BCUT2D eigenvalue weighted by molar-refractivity contribution is 6.06. The number of rotatable bonds is 2. The van der Waals surface area contributed by atoms with Gasteiger partial charge in [0.1, 0.15) is 5.69 Å². The molecule has 5 nitrogen and oxygen atoms in total. The van der Waals surface area contributed by atoms with Crippen LogP contribution in [0.15, 0.2) is 42.6 Å². The summed E-state index contributed by atoms with van der Waals surface area (Å²) in [5.41, 5.74) is 2.29. The van der Waals surface area contributed by atoms with Crippen LogP contribution in [0.25, 0.3) is 0 Å². The average molecular weight is 268 g/mol. The van der Waals surface area contributed by atoms with Gasteiger partial charge >= 0.3 is 5.97 Å². The molecule has 2 aromatic rings. The third-order valence-corrected chi connectivity index (χ3v) is 3.35. The van der Waals surface area contributed by atoms with Crippen LogP contribution in [0, 0.1) is 0 Å². The third-order valence-electron chi connectivity index (χ3n) is 3.35. The molecule has 2 heterocycles. The monoisotopic (exact) mass is 268 g/mol. The summed E-state index contributed by atoms with van der Waals surface area (Å²) in [6.45, 7) is 0.549. The Labute approximate surface area is 115 Å². The van der Waals surface area contributed by atoms with Gasteiger partial charge in [-0.2, -0.15) is 0 Å². The van der Waals surface area contributed by atoms with E-state index in [1.54, 1.807) is 41.4 Å². The molecular formula is C15H12N2O3. The fraction of sp³-hybridized carbons (Fsp3) is 0.133. The summed E-state index contributed by atoms with van der Waals surface area (Å²) >= 11 is 0. The molecule has 0 radical (unpaired) electrons. The Balaban J connectivity index is 1.94. The van der Waals surface area contributed by atoms with Crippen molar-refractivity contribution in [2.45, 2.75) is 6.42 Å². The highest BCUT2D eigenvalue weighted by atomic mass is 16.4. The molecule has 1 N–H and O–H groups in total. The van der Waals surface area contributed by atoms with Gasteiger partial charge in [0.25, 0.3) is 5.91 Å². The number of aromatic carboxylic acids is 1. The molecule has 1 aliphatic heterocycles. The molecule has 20 heavy (non-hydrogen) atoms. The molecule has 1 aromatic heterocycles. The minimum absolute atomic E-state index is 0.160. The van der Waals surface area contributed by atoms with E-state index < -0.39 is 5.97 Å². The maximum absolute atomic E-state index is 12.4. The Morgan fingerprint density at radius 2 is 2.05 bits per heavy atom. The molecule has 1 aliphatic rings. The van der Waals surface area contributed by atoms with Crippen LogP contribution in [0.3, 0.4) is 0 Å². The second-order valence-corrected chi connectivity index (χ2v) is 4.57. The second-order valence-electron chi connectivity index (χ2n) is 4.57. The van der Waals surface area contributed by atoms with Gasteiger partial charge in [-0.25, -0.2) is 4.79 Å². The van der Waals surface area contributed by atoms with Crippen molar-refractivity contribution in [3.8, 4) is 0 Å². The van der Waals surface area contributed by atoms with E-state index in [1.165, 1.54) is 6.07 Å². The number of fused-ring (bicyclic) bond motifs is 1. The number of carbonyl (C=O) groups excluding carboxylic acids is 1. The maximum Gasteiger partial charge on any atom is 0.335 e. The first-order valence-electron chi connectivity index (χ1n) is 6.26. The van der Waals surface area contributed by atoms with E-state index in [4.69, 9.17) is 5.11 Å². The molecule has 3 rings (SSSR count). The van der Waals surface area contributed by atoms with Gasteiger partial charge in [-0.3, -0.25) is 9.78 Å². The quantitative estimate of drug-likeness (QED) is 0.904. The van der Waals surface area contributed by atoms with Crippen LogP contribution in [0.1, 0.15) is 26.4 Å². The Hall–Kier alpha value is -2.69. The lowest BCUT2D eigenvalue weighted by Gasteiger charge is -2.16. The molecule has 100 valence electrons. The third kappa shape index (κ3) is 2.03. The zero-order chi connectivity index (χ0) is 14.1. The van der Waals surface area contributed by atoms with Gasteiger partial charge in [-0.1, -0.05) is 6.07 Å². The summed E-state index contributed by atoms with van der Waals surface area (Å²) < 4.78 is 0. The molecule has 0 saturated carbocycles. The fourth-order valence-corrected chi connectivity index (χ4v) is 2.37. The molecular weight excluding hydrogens is 256 g/mol. The van der Waals surface area contributed by atoms with Crippen LogP contribution in [-0.4, -0.2) is 28.5 Å². The number of hydrogen-bond acceptors (Lipinski definition) is 3. The molecule has 5 heteroatoms. The van der Waals surface area contributed by atoms with Gasteiger partial charge in [-0.15, -0.1) is 0 Å². The van der Waals surface area contributed by atoms with Crippen LogP contribution in [-0.2, 0) is 6.42 Å². The Morgan fingerprint density at radius 1 is 1.20 bits per heavy atom. The first kappa shape index (κ1) is 12.3. The molecule has 0 aliphatic carbocycles. The molecule has 0 atom stereocenters. The lowest BCUT2D eigenvalue weighted by Crippen LogP contribution is -2.29. The van der Waals surface area contributed by atoms with Gasteiger partial charge in [0.05, 0.1) is 5.56 Å². The highest BCUT2D eigenvalue weighted by Crippen LogP contribution is 2.29. The number of benzene rings is 1. The summed E-state index contributed by atoms with van der Waals surface area (Å²) in [5, 5.41) is 8.98. The van der Waals surface area contributed by atoms with E-state index in [2.05, 4.69) is 4.98 Å². The molecule has 0 spiro atoms. The second kappa shape index (κ2) is 4.77. The predicted octanol–water partition coefficient (Wildman–Crippen LogP) is 1.98.